The summed E-state index contributed by atoms with van der Waals surface area (Å²) in [5.74, 6) is 0. The summed E-state index contributed by atoms with van der Waals surface area (Å²) in [6, 6.07) is 13.1. The van der Waals surface area contributed by atoms with E-state index in [1.807, 2.05) is 18.2 Å². The van der Waals surface area contributed by atoms with Crippen LogP contribution in [0.2, 0.25) is 0 Å². The molecule has 1 aliphatic heterocycles. The van der Waals surface area contributed by atoms with Gasteiger partial charge in [0.15, 0.2) is 0 Å². The highest BCUT2D eigenvalue weighted by Crippen LogP contribution is 2.18. The molecule has 0 aliphatic carbocycles. The molecule has 1 N–H and O–H groups in total. The van der Waals surface area contributed by atoms with Gasteiger partial charge in [-0.25, -0.2) is 9.97 Å². The number of rotatable bonds is 4. The van der Waals surface area contributed by atoms with Gasteiger partial charge in [0.2, 0.25) is 0 Å². The second-order valence-corrected chi connectivity index (χ2v) is 5.09. The van der Waals surface area contributed by atoms with E-state index in [1.165, 1.54) is 25.8 Å². The van der Waals surface area contributed by atoms with Gasteiger partial charge >= 0.3 is 0 Å². The average Bonchev–Trinajstić information content (AvgIpc) is 3.00. The van der Waals surface area contributed by atoms with Gasteiger partial charge in [0.1, 0.15) is 6.33 Å². The van der Waals surface area contributed by atoms with Crippen LogP contribution in [0.15, 0.2) is 42.7 Å². The Kier molecular flexibility index (Phi) is 3.84. The van der Waals surface area contributed by atoms with E-state index in [0.717, 1.165) is 23.4 Å². The molecule has 1 aliphatic rings. The lowest BCUT2D eigenvalue weighted by Crippen LogP contribution is -2.21. The molecule has 19 heavy (non-hydrogen) atoms. The van der Waals surface area contributed by atoms with Crippen molar-refractivity contribution in [3.63, 3.8) is 0 Å². The van der Waals surface area contributed by atoms with E-state index in [4.69, 9.17) is 0 Å². The van der Waals surface area contributed by atoms with Gasteiger partial charge in [-0.05, 0) is 38.3 Å². The van der Waals surface area contributed by atoms with Gasteiger partial charge in [-0.2, -0.15) is 0 Å². The molecule has 98 valence electrons. The van der Waals surface area contributed by atoms with Crippen LogP contribution in [-0.2, 0) is 6.42 Å². The standard InChI is InChI=1S/C16H19N3/c1-2-5-13(6-3-1)16-11-15(18-12-19-16)9-8-14-7-4-10-17-14/h1-3,5-6,11-12,14,17H,4,7-10H2. The summed E-state index contributed by atoms with van der Waals surface area (Å²) in [6.07, 6.45) is 6.49. The Balaban J connectivity index is 1.69. The maximum atomic E-state index is 4.39. The van der Waals surface area contributed by atoms with E-state index < -0.39 is 0 Å². The minimum atomic E-state index is 0.676. The zero-order chi connectivity index (χ0) is 12.9. The molecule has 1 atom stereocenters. The summed E-state index contributed by atoms with van der Waals surface area (Å²) in [7, 11) is 0. The predicted octanol–water partition coefficient (Wildman–Crippen LogP) is 2.83. The SMILES string of the molecule is c1ccc(-c2cc(CCC3CCCN3)ncn2)cc1. The molecule has 3 rings (SSSR count). The van der Waals surface area contributed by atoms with Crippen molar-refractivity contribution < 1.29 is 0 Å². The topological polar surface area (TPSA) is 37.8 Å². The molecular formula is C16H19N3. The number of hydrogen-bond donors (Lipinski definition) is 1. The minimum Gasteiger partial charge on any atom is -0.314 e. The molecular weight excluding hydrogens is 234 g/mol. The largest absolute Gasteiger partial charge is 0.314 e. The monoisotopic (exact) mass is 253 g/mol. The van der Waals surface area contributed by atoms with Crippen molar-refractivity contribution in [3.05, 3.63) is 48.4 Å². The van der Waals surface area contributed by atoms with Gasteiger partial charge < -0.3 is 5.32 Å². The van der Waals surface area contributed by atoms with E-state index in [-0.39, 0.29) is 0 Å². The summed E-state index contributed by atoms with van der Waals surface area (Å²) in [5.41, 5.74) is 3.32. The molecule has 1 aromatic carbocycles. The third-order valence-corrected chi connectivity index (χ3v) is 3.70. The van der Waals surface area contributed by atoms with Crippen molar-refractivity contribution >= 4 is 0 Å². The van der Waals surface area contributed by atoms with E-state index in [9.17, 15) is 0 Å². The Morgan fingerprint density at radius 3 is 2.84 bits per heavy atom. The Morgan fingerprint density at radius 2 is 2.05 bits per heavy atom. The maximum absolute atomic E-state index is 4.39. The number of hydrogen-bond acceptors (Lipinski definition) is 3. The van der Waals surface area contributed by atoms with Crippen molar-refractivity contribution in [2.45, 2.75) is 31.7 Å². The van der Waals surface area contributed by atoms with Gasteiger partial charge in [-0.1, -0.05) is 30.3 Å². The normalized spacial score (nSPS) is 18.6. The van der Waals surface area contributed by atoms with E-state index in [1.54, 1.807) is 6.33 Å². The lowest BCUT2D eigenvalue weighted by atomic mass is 10.1. The number of nitrogens with one attached hydrogen (secondary N) is 1. The number of aromatic nitrogens is 2. The van der Waals surface area contributed by atoms with Crippen molar-refractivity contribution in [3.8, 4) is 11.3 Å². The first kappa shape index (κ1) is 12.3. The van der Waals surface area contributed by atoms with Crippen molar-refractivity contribution in [2.75, 3.05) is 6.54 Å². The molecule has 1 aromatic heterocycles. The second kappa shape index (κ2) is 5.93. The highest BCUT2D eigenvalue weighted by molar-refractivity contribution is 5.58. The third kappa shape index (κ3) is 3.18. The summed E-state index contributed by atoms with van der Waals surface area (Å²) < 4.78 is 0. The Labute approximate surface area is 114 Å². The predicted molar refractivity (Wildman–Crippen MR) is 76.8 cm³/mol. The van der Waals surface area contributed by atoms with Crippen molar-refractivity contribution in [1.29, 1.82) is 0 Å². The second-order valence-electron chi connectivity index (χ2n) is 5.09. The molecule has 0 saturated carbocycles. The van der Waals surface area contributed by atoms with Crippen LogP contribution in [0.5, 0.6) is 0 Å². The molecule has 3 heteroatoms. The first-order valence-corrected chi connectivity index (χ1v) is 7.01. The Morgan fingerprint density at radius 1 is 1.16 bits per heavy atom. The van der Waals surface area contributed by atoms with Crippen LogP contribution >= 0.6 is 0 Å². The number of nitrogens with zero attached hydrogens (tertiary/aromatic N) is 2. The number of benzene rings is 1. The maximum Gasteiger partial charge on any atom is 0.116 e. The Bertz CT molecular complexity index is 519. The van der Waals surface area contributed by atoms with Gasteiger partial charge in [-0.3, -0.25) is 0 Å². The highest BCUT2D eigenvalue weighted by atomic mass is 14.9. The third-order valence-electron chi connectivity index (χ3n) is 3.70. The first-order valence-electron chi connectivity index (χ1n) is 7.01. The van der Waals surface area contributed by atoms with Crippen molar-refractivity contribution in [2.24, 2.45) is 0 Å². The van der Waals surface area contributed by atoms with Gasteiger partial charge in [0.05, 0.1) is 5.69 Å². The quantitative estimate of drug-likeness (QED) is 0.910. The van der Waals surface area contributed by atoms with Crippen LogP contribution in [0.3, 0.4) is 0 Å². The molecule has 0 radical (unpaired) electrons. The molecule has 1 saturated heterocycles. The minimum absolute atomic E-state index is 0.676. The zero-order valence-corrected chi connectivity index (χ0v) is 11.0. The van der Waals surface area contributed by atoms with Crippen LogP contribution < -0.4 is 5.32 Å². The van der Waals surface area contributed by atoms with E-state index in [2.05, 4.69) is 33.5 Å². The average molecular weight is 253 g/mol. The molecule has 1 unspecified atom stereocenters. The van der Waals surface area contributed by atoms with Crippen LogP contribution in [0.25, 0.3) is 11.3 Å². The lowest BCUT2D eigenvalue weighted by Gasteiger charge is -2.09. The van der Waals surface area contributed by atoms with E-state index in [0.29, 0.717) is 6.04 Å². The zero-order valence-electron chi connectivity index (χ0n) is 11.0. The number of aryl methyl sites for hydroxylation is 1. The van der Waals surface area contributed by atoms with Crippen LogP contribution in [0.4, 0.5) is 0 Å². The summed E-state index contributed by atoms with van der Waals surface area (Å²) >= 11 is 0. The molecule has 2 heterocycles. The van der Waals surface area contributed by atoms with Crippen LogP contribution in [-0.4, -0.2) is 22.6 Å². The van der Waals surface area contributed by atoms with Gasteiger partial charge in [0, 0.05) is 17.3 Å². The van der Waals surface area contributed by atoms with Gasteiger partial charge in [-0.15, -0.1) is 0 Å². The van der Waals surface area contributed by atoms with Crippen LogP contribution in [0, 0.1) is 0 Å². The molecule has 0 bridgehead atoms. The first-order chi connectivity index (χ1) is 9.42. The smallest absolute Gasteiger partial charge is 0.116 e. The summed E-state index contributed by atoms with van der Waals surface area (Å²) in [6.45, 7) is 1.17. The van der Waals surface area contributed by atoms with E-state index >= 15 is 0 Å². The fourth-order valence-corrected chi connectivity index (χ4v) is 2.63. The summed E-state index contributed by atoms with van der Waals surface area (Å²) in [5, 5.41) is 3.53. The fraction of sp³-hybridized carbons (Fsp3) is 0.375. The van der Waals surface area contributed by atoms with Crippen molar-refractivity contribution in [1.82, 2.24) is 15.3 Å². The molecule has 0 spiro atoms. The van der Waals surface area contributed by atoms with Gasteiger partial charge in [0.25, 0.3) is 0 Å². The highest BCUT2D eigenvalue weighted by Gasteiger charge is 2.13. The molecule has 3 nitrogen and oxygen atoms in total. The molecule has 1 fully saturated rings. The van der Waals surface area contributed by atoms with Crippen LogP contribution in [0.1, 0.15) is 25.0 Å². The molecule has 0 amide bonds. The summed E-state index contributed by atoms with van der Waals surface area (Å²) in [4.78, 5) is 8.75. The molecule has 2 aromatic rings. The fourth-order valence-electron chi connectivity index (χ4n) is 2.63. The Hall–Kier alpha value is -1.74. The lowest BCUT2D eigenvalue weighted by molar-refractivity contribution is 0.555.